The molecule has 1 aromatic rings. The zero-order chi connectivity index (χ0) is 20.7. The van der Waals surface area contributed by atoms with Gasteiger partial charge in [-0.25, -0.2) is 8.42 Å². The van der Waals surface area contributed by atoms with Gasteiger partial charge in [-0.15, -0.1) is 16.4 Å². The first-order valence-corrected chi connectivity index (χ1v) is 12.8. The van der Waals surface area contributed by atoms with Gasteiger partial charge in [0.15, 0.2) is 0 Å². The summed E-state index contributed by atoms with van der Waals surface area (Å²) < 4.78 is 25.5. The molecule has 0 aromatic heterocycles. The molecule has 1 radical (unpaired) electrons. The molecule has 0 spiro atoms. The van der Waals surface area contributed by atoms with Gasteiger partial charge in [-0.05, 0) is 38.3 Å². The van der Waals surface area contributed by atoms with Crippen molar-refractivity contribution in [3.63, 3.8) is 0 Å². The van der Waals surface area contributed by atoms with E-state index in [4.69, 9.17) is 11.6 Å². The molecule has 2 atom stereocenters. The third-order valence-electron chi connectivity index (χ3n) is 5.01. The van der Waals surface area contributed by atoms with Crippen molar-refractivity contribution in [1.82, 2.24) is 10.3 Å². The molecule has 0 heterocycles. The van der Waals surface area contributed by atoms with E-state index in [1.165, 1.54) is 44.9 Å². The van der Waals surface area contributed by atoms with E-state index in [1.807, 2.05) is 25.1 Å². The normalized spacial score (nSPS) is 14.0. The van der Waals surface area contributed by atoms with Gasteiger partial charge in [0, 0.05) is 5.38 Å². The summed E-state index contributed by atoms with van der Waals surface area (Å²) in [4.78, 5) is 2.43. The Morgan fingerprint density at radius 2 is 1.46 bits per heavy atom. The molecule has 1 rings (SSSR count). The summed E-state index contributed by atoms with van der Waals surface area (Å²) in [7, 11) is -3.50. The van der Waals surface area contributed by atoms with Gasteiger partial charge in [-0.1, -0.05) is 82.9 Å². The Balaban J connectivity index is 2.39. The number of hydrogen-bond acceptors (Lipinski definition) is 2. The lowest BCUT2D eigenvalue weighted by Gasteiger charge is -2.18. The van der Waals surface area contributed by atoms with Gasteiger partial charge in [0.2, 0.25) is 10.0 Å². The Morgan fingerprint density at radius 3 is 2.04 bits per heavy atom. The Kier molecular flexibility index (Phi) is 13.6. The first-order valence-electron chi connectivity index (χ1n) is 10.9. The highest BCUT2D eigenvalue weighted by molar-refractivity contribution is 7.90. The summed E-state index contributed by atoms with van der Waals surface area (Å²) in [5.41, 5.74) is 4.66. The van der Waals surface area contributed by atoms with Crippen molar-refractivity contribution in [2.45, 2.75) is 102 Å². The van der Waals surface area contributed by atoms with Crippen molar-refractivity contribution in [3.8, 4) is 0 Å². The van der Waals surface area contributed by atoms with Gasteiger partial charge in [0.1, 0.15) is 0 Å². The van der Waals surface area contributed by atoms with Crippen LogP contribution in [0.2, 0.25) is 0 Å². The fourth-order valence-electron chi connectivity index (χ4n) is 3.25. The van der Waals surface area contributed by atoms with Gasteiger partial charge in [-0.2, -0.15) is 5.43 Å². The third-order valence-corrected chi connectivity index (χ3v) is 6.93. The number of benzene rings is 1. The van der Waals surface area contributed by atoms with Crippen LogP contribution >= 0.6 is 11.6 Å². The van der Waals surface area contributed by atoms with Gasteiger partial charge in [0.25, 0.3) is 0 Å². The van der Waals surface area contributed by atoms with E-state index in [9.17, 15) is 8.42 Å². The molecule has 0 saturated heterocycles. The Labute approximate surface area is 177 Å². The molecule has 6 heteroatoms. The average Bonchev–Trinajstić information content (AvgIpc) is 2.68. The molecule has 0 bridgehead atoms. The van der Waals surface area contributed by atoms with Crippen LogP contribution in [0.5, 0.6) is 0 Å². The summed E-state index contributed by atoms with van der Waals surface area (Å²) in [5.74, 6) is 0. The summed E-state index contributed by atoms with van der Waals surface area (Å²) in [6.07, 6.45) is 13.0. The van der Waals surface area contributed by atoms with E-state index >= 15 is 0 Å². The molecule has 0 amide bonds. The van der Waals surface area contributed by atoms with Crippen LogP contribution in [-0.4, -0.2) is 19.0 Å². The molecule has 2 unspecified atom stereocenters. The van der Waals surface area contributed by atoms with Crippen LogP contribution < -0.4 is 10.3 Å². The summed E-state index contributed by atoms with van der Waals surface area (Å²) >= 11 is 6.06. The van der Waals surface area contributed by atoms with Gasteiger partial charge in [-0.3, -0.25) is 0 Å². The fourth-order valence-corrected chi connectivity index (χ4v) is 4.68. The molecule has 0 aliphatic rings. The topological polar surface area (TPSA) is 60.3 Å². The van der Waals surface area contributed by atoms with E-state index in [0.29, 0.717) is 24.9 Å². The van der Waals surface area contributed by atoms with Crippen LogP contribution in [0.1, 0.15) is 90.9 Å². The van der Waals surface area contributed by atoms with Crippen molar-refractivity contribution >= 4 is 27.3 Å². The molecule has 0 saturated carbocycles. The molecule has 0 aliphatic carbocycles. The maximum absolute atomic E-state index is 12.7. The molecule has 0 fully saturated rings. The highest BCUT2D eigenvalue weighted by Crippen LogP contribution is 2.20. The molecule has 161 valence electrons. The van der Waals surface area contributed by atoms with Gasteiger partial charge < -0.3 is 0 Å². The SMILES string of the molecule is CCCCCCCCCCCC(CCC(C)Cl)S(=O)(=O)N[N]c1ccccc1. The van der Waals surface area contributed by atoms with Crippen molar-refractivity contribution in [3.05, 3.63) is 30.3 Å². The van der Waals surface area contributed by atoms with E-state index in [-0.39, 0.29) is 5.38 Å². The fraction of sp³-hybridized carbons (Fsp3) is 0.727. The largest absolute Gasteiger partial charge is 0.233 e. The summed E-state index contributed by atoms with van der Waals surface area (Å²) in [6.45, 7) is 4.14. The minimum absolute atomic E-state index is 0.0214. The zero-order valence-corrected chi connectivity index (χ0v) is 19.1. The Hall–Kier alpha value is -0.780. The smallest absolute Gasteiger partial charge is 0.210 e. The van der Waals surface area contributed by atoms with Gasteiger partial charge in [0.05, 0.1) is 10.9 Å². The van der Waals surface area contributed by atoms with Crippen molar-refractivity contribution in [1.29, 1.82) is 0 Å². The second-order valence-electron chi connectivity index (χ2n) is 7.68. The van der Waals surface area contributed by atoms with Crippen LogP contribution in [0.25, 0.3) is 0 Å². The molecular formula is C22H38ClN2O2S. The zero-order valence-electron chi connectivity index (χ0n) is 17.6. The number of rotatable bonds is 17. The number of nitrogens with zero attached hydrogens (tertiary/aromatic N) is 1. The monoisotopic (exact) mass is 429 g/mol. The predicted molar refractivity (Wildman–Crippen MR) is 120 cm³/mol. The lowest BCUT2D eigenvalue weighted by Crippen LogP contribution is -2.37. The summed E-state index contributed by atoms with van der Waals surface area (Å²) in [5, 5.41) is -0.461. The number of alkyl halides is 1. The van der Waals surface area contributed by atoms with E-state index < -0.39 is 15.3 Å². The van der Waals surface area contributed by atoms with Crippen LogP contribution in [0.15, 0.2) is 30.3 Å². The predicted octanol–water partition coefficient (Wildman–Crippen LogP) is 6.45. The van der Waals surface area contributed by atoms with Crippen molar-refractivity contribution in [2.75, 3.05) is 0 Å². The molecule has 4 nitrogen and oxygen atoms in total. The van der Waals surface area contributed by atoms with Crippen LogP contribution in [0.4, 0.5) is 5.69 Å². The quantitative estimate of drug-likeness (QED) is 0.175. The Bertz CT molecular complexity index is 594. The van der Waals surface area contributed by atoms with Crippen LogP contribution in [-0.2, 0) is 10.0 Å². The molecular weight excluding hydrogens is 392 g/mol. The minimum atomic E-state index is -3.50. The minimum Gasteiger partial charge on any atom is -0.210 e. The number of unbranched alkanes of at least 4 members (excludes halogenated alkanes) is 8. The van der Waals surface area contributed by atoms with E-state index in [1.54, 1.807) is 12.1 Å². The van der Waals surface area contributed by atoms with Crippen LogP contribution in [0.3, 0.4) is 0 Å². The van der Waals surface area contributed by atoms with Crippen molar-refractivity contribution in [2.24, 2.45) is 0 Å². The first kappa shape index (κ1) is 25.3. The number of nitrogens with one attached hydrogen (secondary N) is 1. The number of halogens is 1. The Morgan fingerprint density at radius 1 is 0.893 bits per heavy atom. The maximum Gasteiger partial charge on any atom is 0.233 e. The highest BCUT2D eigenvalue weighted by Gasteiger charge is 2.25. The van der Waals surface area contributed by atoms with Crippen molar-refractivity contribution < 1.29 is 8.42 Å². The first-order chi connectivity index (χ1) is 13.5. The highest BCUT2D eigenvalue weighted by atomic mass is 35.5. The maximum atomic E-state index is 12.7. The van der Waals surface area contributed by atoms with E-state index in [2.05, 4.69) is 17.2 Å². The third kappa shape index (κ3) is 11.9. The number of sulfonamides is 1. The molecule has 1 aromatic carbocycles. The number of hydrogen-bond donors (Lipinski definition) is 1. The average molecular weight is 430 g/mol. The molecule has 1 N–H and O–H groups in total. The standard InChI is InChI=1S/C22H38ClN2O2S/c1-3-4-5-6-7-8-9-10-14-17-22(19-18-20(2)23)28(26,27)25-24-21-15-12-11-13-16-21/h11-13,15-16,20,22,25H,3-10,14,17-19H2,1-2H3. The summed E-state index contributed by atoms with van der Waals surface area (Å²) in [6, 6.07) is 9.10. The lowest BCUT2D eigenvalue weighted by atomic mass is 10.0. The lowest BCUT2D eigenvalue weighted by molar-refractivity contribution is 0.509. The second kappa shape index (κ2) is 15.1. The molecule has 0 aliphatic heterocycles. The molecule has 28 heavy (non-hydrogen) atoms. The number of para-hydroxylation sites is 1. The van der Waals surface area contributed by atoms with Gasteiger partial charge >= 0.3 is 0 Å². The van der Waals surface area contributed by atoms with Crippen LogP contribution in [0, 0.1) is 0 Å². The van der Waals surface area contributed by atoms with E-state index in [0.717, 1.165) is 12.8 Å². The second-order valence-corrected chi connectivity index (χ2v) is 10.4.